The Kier molecular flexibility index (Phi) is 3.65. The van der Waals surface area contributed by atoms with E-state index < -0.39 is 25.2 Å². The van der Waals surface area contributed by atoms with E-state index in [0.717, 1.165) is 5.41 Å². The van der Waals surface area contributed by atoms with Gasteiger partial charge in [0.1, 0.15) is 0 Å². The highest BCUT2D eigenvalue weighted by Gasteiger charge is 2.39. The molecule has 1 fully saturated rings. The van der Waals surface area contributed by atoms with Crippen LogP contribution in [0.1, 0.15) is 13.3 Å². The molecule has 2 aliphatic heterocycles. The molecular weight excluding hydrogens is 308 g/mol. The second kappa shape index (κ2) is 4.71. The number of sulfone groups is 2. The molecule has 0 aromatic carbocycles. The molecule has 2 aliphatic rings. The second-order valence-corrected chi connectivity index (χ2v) is 9.79. The van der Waals surface area contributed by atoms with Crippen LogP contribution < -0.4 is 10.6 Å². The molecule has 6 nitrogen and oxygen atoms in total. The Morgan fingerprint density at radius 2 is 2.05 bits per heavy atom. The lowest BCUT2D eigenvalue weighted by Gasteiger charge is -2.27. The predicted molar refractivity (Wildman–Crippen MR) is 77.3 cm³/mol. The first-order chi connectivity index (χ1) is 8.59. The summed E-state index contributed by atoms with van der Waals surface area (Å²) in [6, 6.07) is -0.355. The number of nitrogens with one attached hydrogen (secondary N) is 2. The fourth-order valence-electron chi connectivity index (χ4n) is 2.25. The van der Waals surface area contributed by atoms with Gasteiger partial charge in [0.2, 0.25) is 0 Å². The van der Waals surface area contributed by atoms with Crippen LogP contribution in [-0.2, 0) is 19.7 Å². The van der Waals surface area contributed by atoms with Crippen LogP contribution in [0.5, 0.6) is 0 Å². The van der Waals surface area contributed by atoms with E-state index in [0.29, 0.717) is 6.42 Å². The lowest BCUT2D eigenvalue weighted by molar-refractivity contribution is 0.467. The van der Waals surface area contributed by atoms with Crippen molar-refractivity contribution in [3.05, 3.63) is 11.5 Å². The van der Waals surface area contributed by atoms with E-state index in [9.17, 15) is 16.8 Å². The SMILES string of the molecule is CC1(NC(=S)NC2C=CS(=O)(=O)C2)CCS(=O)(=O)C1. The van der Waals surface area contributed by atoms with E-state index in [1.807, 2.05) is 0 Å². The molecular formula is C10H16N2O4S3. The van der Waals surface area contributed by atoms with Crippen molar-refractivity contribution >= 4 is 37.0 Å². The van der Waals surface area contributed by atoms with Gasteiger partial charge in [-0.1, -0.05) is 0 Å². The Bertz CT molecular complexity index is 623. The number of hydrogen-bond donors (Lipinski definition) is 2. The molecule has 0 aromatic heterocycles. The molecule has 2 atom stereocenters. The molecule has 0 aliphatic carbocycles. The topological polar surface area (TPSA) is 92.3 Å². The molecule has 0 aromatic rings. The predicted octanol–water partition coefficient (Wildman–Crippen LogP) is -0.662. The molecule has 0 saturated carbocycles. The monoisotopic (exact) mass is 324 g/mol. The van der Waals surface area contributed by atoms with Crippen molar-refractivity contribution in [2.24, 2.45) is 0 Å². The van der Waals surface area contributed by atoms with Gasteiger partial charge in [-0.15, -0.1) is 0 Å². The molecule has 0 radical (unpaired) electrons. The number of rotatable bonds is 2. The lowest BCUT2D eigenvalue weighted by atomic mass is 10.0. The van der Waals surface area contributed by atoms with Crippen LogP contribution in [0.4, 0.5) is 0 Å². The van der Waals surface area contributed by atoms with Crippen molar-refractivity contribution < 1.29 is 16.8 Å². The van der Waals surface area contributed by atoms with Crippen molar-refractivity contribution in [1.82, 2.24) is 10.6 Å². The summed E-state index contributed by atoms with van der Waals surface area (Å²) >= 11 is 5.10. The zero-order valence-corrected chi connectivity index (χ0v) is 12.9. The maximum Gasteiger partial charge on any atom is 0.173 e. The van der Waals surface area contributed by atoms with E-state index in [2.05, 4.69) is 10.6 Å². The summed E-state index contributed by atoms with van der Waals surface area (Å²) in [7, 11) is -6.13. The third-order valence-corrected chi connectivity index (χ3v) is 6.68. The molecule has 0 amide bonds. The zero-order valence-electron chi connectivity index (χ0n) is 10.4. The van der Waals surface area contributed by atoms with E-state index in [-0.39, 0.29) is 28.4 Å². The van der Waals surface area contributed by atoms with Crippen molar-refractivity contribution in [2.75, 3.05) is 17.3 Å². The summed E-state index contributed by atoms with van der Waals surface area (Å²) in [4.78, 5) is 0. The quantitative estimate of drug-likeness (QED) is 0.651. The number of hydrogen-bond acceptors (Lipinski definition) is 5. The van der Waals surface area contributed by atoms with E-state index in [1.54, 1.807) is 6.92 Å². The Balaban J connectivity index is 1.91. The van der Waals surface area contributed by atoms with Crippen LogP contribution in [0.15, 0.2) is 11.5 Å². The van der Waals surface area contributed by atoms with Gasteiger partial charge in [0.25, 0.3) is 0 Å². The standard InChI is InChI=1S/C10H16N2O4S3/c1-10(3-5-19(15,16)7-10)12-9(17)11-8-2-4-18(13,14)6-8/h2,4,8H,3,5-7H2,1H3,(H2,11,12,17). The van der Waals surface area contributed by atoms with E-state index in [1.165, 1.54) is 6.08 Å². The third-order valence-electron chi connectivity index (χ3n) is 3.17. The van der Waals surface area contributed by atoms with Crippen LogP contribution in [0.2, 0.25) is 0 Å². The smallest absolute Gasteiger partial charge is 0.173 e. The highest BCUT2D eigenvalue weighted by atomic mass is 32.2. The highest BCUT2D eigenvalue weighted by Crippen LogP contribution is 2.22. The molecule has 2 rings (SSSR count). The molecule has 2 N–H and O–H groups in total. The zero-order chi connectivity index (χ0) is 14.3. The van der Waals surface area contributed by atoms with Crippen molar-refractivity contribution in [2.45, 2.75) is 24.9 Å². The Morgan fingerprint density at radius 3 is 2.53 bits per heavy atom. The summed E-state index contributed by atoms with van der Waals surface area (Å²) < 4.78 is 45.4. The largest absolute Gasteiger partial charge is 0.357 e. The minimum absolute atomic E-state index is 0.0240. The van der Waals surface area contributed by atoms with Crippen molar-refractivity contribution in [3.63, 3.8) is 0 Å². The Labute approximate surface area is 118 Å². The van der Waals surface area contributed by atoms with Gasteiger partial charge in [-0.05, 0) is 31.6 Å². The fraction of sp³-hybridized carbons (Fsp3) is 0.700. The molecule has 0 bridgehead atoms. The van der Waals surface area contributed by atoms with Gasteiger partial charge in [0.05, 0.1) is 28.8 Å². The minimum atomic E-state index is -3.13. The Hall–Kier alpha value is -0.670. The summed E-state index contributed by atoms with van der Waals surface area (Å²) in [5, 5.41) is 7.30. The van der Waals surface area contributed by atoms with Crippen molar-refractivity contribution in [1.29, 1.82) is 0 Å². The average Bonchev–Trinajstić information content (AvgIpc) is 2.66. The molecule has 1 saturated heterocycles. The van der Waals surface area contributed by atoms with E-state index in [4.69, 9.17) is 12.2 Å². The van der Waals surface area contributed by atoms with Crippen LogP contribution in [0.3, 0.4) is 0 Å². The summed E-state index contributed by atoms with van der Waals surface area (Å²) in [5.74, 6) is 0.168. The summed E-state index contributed by atoms with van der Waals surface area (Å²) in [6.07, 6.45) is 2.03. The number of thiocarbonyl (C=S) groups is 1. The first-order valence-corrected chi connectivity index (χ1v) is 9.74. The van der Waals surface area contributed by atoms with Gasteiger partial charge >= 0.3 is 0 Å². The maximum absolute atomic E-state index is 11.5. The third kappa shape index (κ3) is 3.90. The van der Waals surface area contributed by atoms with Crippen LogP contribution in [-0.4, -0.2) is 50.8 Å². The minimum Gasteiger partial charge on any atom is -0.357 e. The maximum atomic E-state index is 11.5. The average molecular weight is 324 g/mol. The summed E-state index contributed by atoms with van der Waals surface area (Å²) in [6.45, 7) is 1.80. The van der Waals surface area contributed by atoms with Crippen molar-refractivity contribution in [3.8, 4) is 0 Å². The first kappa shape index (κ1) is 14.7. The highest BCUT2D eigenvalue weighted by molar-refractivity contribution is 7.94. The second-order valence-electron chi connectivity index (χ2n) is 5.27. The fourth-order valence-corrected chi connectivity index (χ4v) is 5.98. The van der Waals surface area contributed by atoms with Gasteiger partial charge in [0, 0.05) is 5.41 Å². The first-order valence-electron chi connectivity index (χ1n) is 5.79. The molecule has 0 spiro atoms. The van der Waals surface area contributed by atoms with Gasteiger partial charge < -0.3 is 10.6 Å². The summed E-state index contributed by atoms with van der Waals surface area (Å²) in [5.41, 5.74) is -0.579. The van der Waals surface area contributed by atoms with Gasteiger partial charge in [0.15, 0.2) is 24.8 Å². The van der Waals surface area contributed by atoms with Gasteiger partial charge in [-0.3, -0.25) is 0 Å². The van der Waals surface area contributed by atoms with Gasteiger partial charge in [-0.2, -0.15) is 0 Å². The van der Waals surface area contributed by atoms with E-state index >= 15 is 0 Å². The van der Waals surface area contributed by atoms with Crippen LogP contribution in [0, 0.1) is 0 Å². The molecule has 2 heterocycles. The molecule has 19 heavy (non-hydrogen) atoms. The molecule has 9 heteroatoms. The molecule has 108 valence electrons. The van der Waals surface area contributed by atoms with Crippen LogP contribution >= 0.6 is 12.2 Å². The lowest BCUT2D eigenvalue weighted by Crippen LogP contribution is -2.53. The van der Waals surface area contributed by atoms with Gasteiger partial charge in [-0.25, -0.2) is 16.8 Å². The van der Waals surface area contributed by atoms with Crippen LogP contribution in [0.25, 0.3) is 0 Å². The normalized spacial score (nSPS) is 35.1. The molecule has 2 unspecified atom stereocenters. The Morgan fingerprint density at radius 1 is 1.37 bits per heavy atom.